The fourth-order valence-electron chi connectivity index (χ4n) is 3.55. The molecular weight excluding hydrogens is 464 g/mol. The molecule has 0 N–H and O–H groups in total. The topological polar surface area (TPSA) is 0 Å². The monoisotopic (exact) mass is 486 g/mol. The minimum atomic E-state index is 0. The Kier molecular flexibility index (Phi) is 9.42. The fourth-order valence-corrected chi connectivity index (χ4v) is 3.55. The van der Waals surface area contributed by atoms with Crippen LogP contribution in [0.4, 0.5) is 0 Å². The minimum absolute atomic E-state index is 0. The van der Waals surface area contributed by atoms with Crippen molar-refractivity contribution in [3.8, 4) is 0 Å². The van der Waals surface area contributed by atoms with Crippen LogP contribution in [0.3, 0.4) is 0 Å². The van der Waals surface area contributed by atoms with E-state index in [1.807, 2.05) is 60.7 Å². The van der Waals surface area contributed by atoms with Crippen molar-refractivity contribution in [2.45, 2.75) is 6.42 Å². The van der Waals surface area contributed by atoms with Gasteiger partial charge in [-0.1, -0.05) is 12.1 Å². The Morgan fingerprint density at radius 1 is 0.500 bits per heavy atom. The molecule has 0 fully saturated rings. The zero-order valence-corrected chi connectivity index (χ0v) is 20.4. The van der Waals surface area contributed by atoms with Crippen LogP contribution in [0.25, 0.3) is 21.5 Å². The van der Waals surface area contributed by atoms with Gasteiger partial charge in [0.05, 0.1) is 0 Å². The molecule has 0 amide bonds. The smallest absolute Gasteiger partial charge is 0.184 e. The minimum Gasteiger partial charge on any atom is -0.184 e. The summed E-state index contributed by atoms with van der Waals surface area (Å²) >= 11 is 0. The van der Waals surface area contributed by atoms with E-state index in [0.29, 0.717) is 0 Å². The third-order valence-corrected chi connectivity index (χ3v) is 4.98. The summed E-state index contributed by atoms with van der Waals surface area (Å²) in [7, 11) is 0. The van der Waals surface area contributed by atoms with E-state index in [1.54, 1.807) is 0 Å². The Morgan fingerprint density at radius 3 is 1.22 bits per heavy atom. The Hall–Kier alpha value is -3.02. The van der Waals surface area contributed by atoms with Gasteiger partial charge in [0.1, 0.15) is 0 Å². The van der Waals surface area contributed by atoms with E-state index in [2.05, 4.69) is 84.9 Å². The Bertz CT molecular complexity index is 1070. The molecule has 0 spiro atoms. The van der Waals surface area contributed by atoms with Gasteiger partial charge in [-0.2, -0.15) is 84.9 Å². The van der Waals surface area contributed by atoms with Crippen LogP contribution in [-0.4, -0.2) is 0 Å². The number of rotatable bonds is 2. The van der Waals surface area contributed by atoms with Gasteiger partial charge in [-0.15, -0.1) is 81.2 Å². The first-order valence-corrected chi connectivity index (χ1v) is 10.5. The first-order valence-electron chi connectivity index (χ1n) is 10.5. The molecule has 6 aromatic rings. The SMILES string of the molecule is [Zr+4].[c-]1ccccc1.[c-]1ccccc1.c1ccc2[cH-]c(Cc3cc4ccccc4[cH-]3)cc2c1. The molecule has 1 heteroatoms. The molecule has 0 nitrogen and oxygen atoms in total. The second-order valence-electron chi connectivity index (χ2n) is 7.32. The maximum atomic E-state index is 2.89. The van der Waals surface area contributed by atoms with E-state index in [1.165, 1.54) is 32.7 Å². The molecule has 0 saturated carbocycles. The van der Waals surface area contributed by atoms with Crippen LogP contribution >= 0.6 is 0 Å². The Labute approximate surface area is 210 Å². The molecule has 0 unspecified atom stereocenters. The quantitative estimate of drug-likeness (QED) is 0.217. The van der Waals surface area contributed by atoms with Crippen LogP contribution < -0.4 is 0 Å². The molecule has 0 bridgehead atoms. The Balaban J connectivity index is 0.000000183. The first kappa shape index (κ1) is 23.6. The molecule has 0 saturated heterocycles. The van der Waals surface area contributed by atoms with Crippen molar-refractivity contribution in [2.75, 3.05) is 0 Å². The van der Waals surface area contributed by atoms with E-state index in [0.717, 1.165) is 6.42 Å². The van der Waals surface area contributed by atoms with Crippen LogP contribution in [-0.2, 0) is 32.6 Å². The molecule has 0 aliphatic carbocycles. The third-order valence-electron chi connectivity index (χ3n) is 4.98. The zero-order chi connectivity index (χ0) is 21.1. The molecule has 152 valence electrons. The van der Waals surface area contributed by atoms with E-state index in [9.17, 15) is 0 Å². The van der Waals surface area contributed by atoms with Crippen molar-refractivity contribution < 1.29 is 26.2 Å². The first-order chi connectivity index (χ1) is 15.4. The predicted molar refractivity (Wildman–Crippen MR) is 132 cm³/mol. The zero-order valence-electron chi connectivity index (χ0n) is 17.9. The van der Waals surface area contributed by atoms with Gasteiger partial charge in [-0.25, -0.2) is 0 Å². The normalized spacial score (nSPS) is 9.75. The number of hydrogen-bond donors (Lipinski definition) is 0. The van der Waals surface area contributed by atoms with Gasteiger partial charge in [0.25, 0.3) is 0 Å². The molecule has 0 aromatic heterocycles. The summed E-state index contributed by atoms with van der Waals surface area (Å²) in [4.78, 5) is 0. The number of hydrogen-bond acceptors (Lipinski definition) is 0. The van der Waals surface area contributed by atoms with E-state index in [4.69, 9.17) is 0 Å². The molecular formula is C31H24Zr. The van der Waals surface area contributed by atoms with E-state index in [-0.39, 0.29) is 26.2 Å². The average molecular weight is 488 g/mol. The number of fused-ring (bicyclic) bond motifs is 2. The third kappa shape index (κ3) is 7.01. The molecule has 6 aromatic carbocycles. The summed E-state index contributed by atoms with van der Waals surface area (Å²) < 4.78 is 0. The van der Waals surface area contributed by atoms with Gasteiger partial charge in [-0.3, -0.25) is 0 Å². The number of benzene rings is 4. The van der Waals surface area contributed by atoms with Crippen molar-refractivity contribution in [1.29, 1.82) is 0 Å². The van der Waals surface area contributed by atoms with Crippen molar-refractivity contribution in [2.24, 2.45) is 0 Å². The Morgan fingerprint density at radius 2 is 0.906 bits per heavy atom. The van der Waals surface area contributed by atoms with Crippen molar-refractivity contribution in [3.63, 3.8) is 0 Å². The summed E-state index contributed by atoms with van der Waals surface area (Å²) in [5.74, 6) is 0. The summed E-state index contributed by atoms with van der Waals surface area (Å²) in [6, 6.07) is 51.3. The van der Waals surface area contributed by atoms with Crippen molar-refractivity contribution in [3.05, 3.63) is 157 Å². The van der Waals surface area contributed by atoms with Crippen LogP contribution in [0.1, 0.15) is 11.1 Å². The summed E-state index contributed by atoms with van der Waals surface area (Å²) in [6.45, 7) is 0. The summed E-state index contributed by atoms with van der Waals surface area (Å²) in [6.07, 6.45) is 1.02. The standard InChI is InChI=1S/C19H14.2C6H5.Zr/c1-2-6-17-11-14(10-16(17)5-1)9-15-12-18-7-3-4-8-19(18)13-15;2*1-2-4-6-5-3-1;/h1-8,10-13H,9H2;2*1-5H;/q-2;2*-1;+4. The second-order valence-corrected chi connectivity index (χ2v) is 7.32. The van der Waals surface area contributed by atoms with Gasteiger partial charge < -0.3 is 0 Å². The van der Waals surface area contributed by atoms with Gasteiger partial charge in [0, 0.05) is 0 Å². The molecule has 0 atom stereocenters. The van der Waals surface area contributed by atoms with Gasteiger partial charge in [-0.05, 0) is 6.42 Å². The fraction of sp³-hybridized carbons (Fsp3) is 0.0323. The summed E-state index contributed by atoms with van der Waals surface area (Å²) in [5.41, 5.74) is 2.80. The molecule has 0 aliphatic rings. The van der Waals surface area contributed by atoms with Gasteiger partial charge in [0.2, 0.25) is 0 Å². The van der Waals surface area contributed by atoms with Gasteiger partial charge >= 0.3 is 26.2 Å². The molecule has 0 heterocycles. The largest absolute Gasteiger partial charge is 4.00 e. The molecule has 32 heavy (non-hydrogen) atoms. The van der Waals surface area contributed by atoms with Crippen molar-refractivity contribution >= 4 is 21.5 Å². The van der Waals surface area contributed by atoms with Gasteiger partial charge in [0.15, 0.2) is 0 Å². The molecule has 0 radical (unpaired) electrons. The maximum Gasteiger partial charge on any atom is 4.00 e. The van der Waals surface area contributed by atoms with Crippen LogP contribution in [0.5, 0.6) is 0 Å². The predicted octanol–water partition coefficient (Wildman–Crippen LogP) is 7.99. The molecule has 6 rings (SSSR count). The van der Waals surface area contributed by atoms with Crippen LogP contribution in [0.2, 0.25) is 0 Å². The van der Waals surface area contributed by atoms with E-state index >= 15 is 0 Å². The average Bonchev–Trinajstić information content (AvgIpc) is 3.45. The van der Waals surface area contributed by atoms with E-state index < -0.39 is 0 Å². The summed E-state index contributed by atoms with van der Waals surface area (Å²) in [5, 5.41) is 5.37. The molecule has 0 aliphatic heterocycles. The maximum absolute atomic E-state index is 2.89. The van der Waals surface area contributed by atoms with Crippen LogP contribution in [0, 0.1) is 12.1 Å². The van der Waals surface area contributed by atoms with Crippen LogP contribution in [0.15, 0.2) is 133 Å². The second kappa shape index (κ2) is 12.7. The van der Waals surface area contributed by atoms with Crippen molar-refractivity contribution in [1.82, 2.24) is 0 Å².